The van der Waals surface area contributed by atoms with Gasteiger partial charge in [-0.1, -0.05) is 0 Å². The summed E-state index contributed by atoms with van der Waals surface area (Å²) in [6.45, 7) is 0.263. The molecular formula is C12H13BrN4O3. The molecule has 106 valence electrons. The summed E-state index contributed by atoms with van der Waals surface area (Å²) in [7, 11) is 3.05. The number of methoxy groups -OCH3 is 2. The molecule has 0 saturated heterocycles. The lowest BCUT2D eigenvalue weighted by Gasteiger charge is -2.11. The Morgan fingerprint density at radius 2 is 2.00 bits per heavy atom. The number of carbonyl (C=O) groups is 1. The fraction of sp³-hybridized carbons (Fsp3) is 0.250. The summed E-state index contributed by atoms with van der Waals surface area (Å²) in [6.07, 6.45) is 1.38. The fourth-order valence-electron chi connectivity index (χ4n) is 1.58. The first kappa shape index (κ1) is 14.3. The number of amides is 1. The summed E-state index contributed by atoms with van der Waals surface area (Å²) in [4.78, 5) is 16.0. The third kappa shape index (κ3) is 3.08. The van der Waals surface area contributed by atoms with Gasteiger partial charge in [0.05, 0.1) is 20.8 Å². The molecule has 20 heavy (non-hydrogen) atoms. The van der Waals surface area contributed by atoms with E-state index in [4.69, 9.17) is 9.47 Å². The number of halogens is 1. The third-order valence-corrected chi connectivity index (χ3v) is 3.37. The number of benzene rings is 1. The van der Waals surface area contributed by atoms with Crippen molar-refractivity contribution in [2.75, 3.05) is 14.2 Å². The minimum Gasteiger partial charge on any atom is -0.495 e. The Morgan fingerprint density at radius 1 is 1.35 bits per heavy atom. The zero-order valence-corrected chi connectivity index (χ0v) is 12.5. The molecule has 1 aromatic heterocycles. The van der Waals surface area contributed by atoms with E-state index < -0.39 is 0 Å². The predicted octanol–water partition coefficient (Wildman–Crippen LogP) is 1.51. The molecule has 1 amide bonds. The highest BCUT2D eigenvalue weighted by molar-refractivity contribution is 9.10. The van der Waals surface area contributed by atoms with Gasteiger partial charge in [-0.3, -0.25) is 9.89 Å². The normalized spacial score (nSPS) is 10.2. The molecule has 0 fully saturated rings. The van der Waals surface area contributed by atoms with Crippen LogP contribution < -0.4 is 14.8 Å². The van der Waals surface area contributed by atoms with Crippen LogP contribution in [0.4, 0.5) is 0 Å². The van der Waals surface area contributed by atoms with Crippen molar-refractivity contribution in [3.8, 4) is 11.5 Å². The van der Waals surface area contributed by atoms with Crippen LogP contribution in [0.15, 0.2) is 22.9 Å². The standard InChI is InChI=1S/C12H13BrN4O3/c1-19-8-3-7(4-9(20-2)11(8)13)12(18)14-5-10-15-6-16-17-10/h3-4,6H,5H2,1-2H3,(H,14,18)(H,15,16,17). The Labute approximate surface area is 123 Å². The van der Waals surface area contributed by atoms with Crippen molar-refractivity contribution in [2.24, 2.45) is 0 Å². The fourth-order valence-corrected chi connectivity index (χ4v) is 2.14. The monoisotopic (exact) mass is 340 g/mol. The van der Waals surface area contributed by atoms with Gasteiger partial charge in [0.15, 0.2) is 0 Å². The van der Waals surface area contributed by atoms with Gasteiger partial charge in [0.1, 0.15) is 28.1 Å². The van der Waals surface area contributed by atoms with Crippen molar-refractivity contribution >= 4 is 21.8 Å². The van der Waals surface area contributed by atoms with E-state index in [9.17, 15) is 4.79 Å². The van der Waals surface area contributed by atoms with E-state index in [1.54, 1.807) is 12.1 Å². The van der Waals surface area contributed by atoms with Gasteiger partial charge in [0.2, 0.25) is 0 Å². The number of aromatic nitrogens is 3. The molecule has 1 heterocycles. The van der Waals surface area contributed by atoms with Crippen LogP contribution in [-0.4, -0.2) is 35.3 Å². The van der Waals surface area contributed by atoms with Crippen LogP contribution in [0.5, 0.6) is 11.5 Å². The molecule has 0 radical (unpaired) electrons. The van der Waals surface area contributed by atoms with Crippen LogP contribution in [0.2, 0.25) is 0 Å². The minimum absolute atomic E-state index is 0.259. The number of carbonyl (C=O) groups excluding carboxylic acids is 1. The topological polar surface area (TPSA) is 89.1 Å². The summed E-state index contributed by atoms with van der Waals surface area (Å²) in [5.74, 6) is 1.36. The van der Waals surface area contributed by atoms with E-state index in [1.165, 1.54) is 20.5 Å². The smallest absolute Gasteiger partial charge is 0.251 e. The molecule has 0 aliphatic heterocycles. The average molecular weight is 341 g/mol. The van der Waals surface area contributed by atoms with E-state index in [0.29, 0.717) is 27.4 Å². The van der Waals surface area contributed by atoms with Gasteiger partial charge in [0.25, 0.3) is 5.91 Å². The molecule has 0 aliphatic carbocycles. The van der Waals surface area contributed by atoms with Gasteiger partial charge < -0.3 is 14.8 Å². The van der Waals surface area contributed by atoms with E-state index >= 15 is 0 Å². The number of hydrogen-bond donors (Lipinski definition) is 2. The molecule has 2 rings (SSSR count). The molecule has 2 aromatic rings. The van der Waals surface area contributed by atoms with Crippen molar-refractivity contribution in [1.29, 1.82) is 0 Å². The van der Waals surface area contributed by atoms with Crippen LogP contribution >= 0.6 is 15.9 Å². The first-order valence-corrected chi connectivity index (χ1v) is 6.49. The number of nitrogens with zero attached hydrogens (tertiary/aromatic N) is 2. The van der Waals surface area contributed by atoms with E-state index in [1.807, 2.05) is 0 Å². The number of nitrogens with one attached hydrogen (secondary N) is 2. The van der Waals surface area contributed by atoms with Gasteiger partial charge >= 0.3 is 0 Å². The van der Waals surface area contributed by atoms with Gasteiger partial charge in [0, 0.05) is 5.56 Å². The van der Waals surface area contributed by atoms with Crippen LogP contribution in [0.25, 0.3) is 0 Å². The number of ether oxygens (including phenoxy) is 2. The first-order valence-electron chi connectivity index (χ1n) is 5.69. The van der Waals surface area contributed by atoms with Crippen LogP contribution in [0, 0.1) is 0 Å². The summed E-state index contributed by atoms with van der Waals surface area (Å²) >= 11 is 3.35. The molecule has 0 spiro atoms. The number of aromatic amines is 1. The van der Waals surface area contributed by atoms with Gasteiger partial charge in [-0.05, 0) is 28.1 Å². The Hall–Kier alpha value is -2.09. The second kappa shape index (κ2) is 6.38. The summed E-state index contributed by atoms with van der Waals surface area (Å²) < 4.78 is 11.0. The van der Waals surface area contributed by atoms with Crippen molar-refractivity contribution in [3.05, 3.63) is 34.3 Å². The molecule has 0 unspecified atom stereocenters. The SMILES string of the molecule is COc1cc(C(=O)NCc2ncn[nH]2)cc(OC)c1Br. The molecule has 0 aliphatic rings. The Morgan fingerprint density at radius 3 is 2.50 bits per heavy atom. The van der Waals surface area contributed by atoms with Crippen molar-refractivity contribution in [2.45, 2.75) is 6.54 Å². The first-order chi connectivity index (χ1) is 9.65. The Bertz CT molecular complexity index is 576. The van der Waals surface area contributed by atoms with E-state index in [0.717, 1.165) is 0 Å². The third-order valence-electron chi connectivity index (χ3n) is 2.59. The number of rotatable bonds is 5. The zero-order valence-electron chi connectivity index (χ0n) is 10.9. The number of hydrogen-bond acceptors (Lipinski definition) is 5. The van der Waals surface area contributed by atoms with E-state index in [-0.39, 0.29) is 12.5 Å². The second-order valence-corrected chi connectivity index (χ2v) is 4.60. The lowest BCUT2D eigenvalue weighted by molar-refractivity contribution is 0.0949. The molecule has 0 saturated carbocycles. The summed E-state index contributed by atoms with van der Waals surface area (Å²) in [5, 5.41) is 9.10. The highest BCUT2D eigenvalue weighted by atomic mass is 79.9. The molecule has 0 atom stereocenters. The maximum atomic E-state index is 12.1. The predicted molar refractivity (Wildman–Crippen MR) is 74.8 cm³/mol. The summed E-state index contributed by atoms with van der Waals surface area (Å²) in [5.41, 5.74) is 0.432. The number of H-pyrrole nitrogens is 1. The largest absolute Gasteiger partial charge is 0.495 e. The van der Waals surface area contributed by atoms with Crippen LogP contribution in [-0.2, 0) is 6.54 Å². The van der Waals surface area contributed by atoms with E-state index in [2.05, 4.69) is 36.4 Å². The molecular weight excluding hydrogens is 328 g/mol. The lowest BCUT2D eigenvalue weighted by atomic mass is 10.2. The Balaban J connectivity index is 2.16. The second-order valence-electron chi connectivity index (χ2n) is 3.81. The highest BCUT2D eigenvalue weighted by Crippen LogP contribution is 2.35. The Kier molecular flexibility index (Phi) is 4.57. The minimum atomic E-state index is -0.259. The van der Waals surface area contributed by atoms with Gasteiger partial charge in [-0.25, -0.2) is 4.98 Å². The molecule has 8 heteroatoms. The van der Waals surface area contributed by atoms with Crippen LogP contribution in [0.3, 0.4) is 0 Å². The maximum absolute atomic E-state index is 12.1. The maximum Gasteiger partial charge on any atom is 0.251 e. The van der Waals surface area contributed by atoms with Gasteiger partial charge in [-0.15, -0.1) is 0 Å². The summed E-state index contributed by atoms with van der Waals surface area (Å²) in [6, 6.07) is 3.25. The average Bonchev–Trinajstić information content (AvgIpc) is 2.98. The van der Waals surface area contributed by atoms with Crippen molar-refractivity contribution < 1.29 is 14.3 Å². The molecule has 1 aromatic carbocycles. The van der Waals surface area contributed by atoms with Gasteiger partial charge in [-0.2, -0.15) is 5.10 Å². The van der Waals surface area contributed by atoms with Crippen LogP contribution in [0.1, 0.15) is 16.2 Å². The molecule has 0 bridgehead atoms. The highest BCUT2D eigenvalue weighted by Gasteiger charge is 2.14. The quantitative estimate of drug-likeness (QED) is 0.861. The molecule has 2 N–H and O–H groups in total. The lowest BCUT2D eigenvalue weighted by Crippen LogP contribution is -2.23. The zero-order chi connectivity index (χ0) is 14.5. The van der Waals surface area contributed by atoms with Crippen molar-refractivity contribution in [1.82, 2.24) is 20.5 Å². The molecule has 7 nitrogen and oxygen atoms in total. The van der Waals surface area contributed by atoms with Crippen molar-refractivity contribution in [3.63, 3.8) is 0 Å².